The van der Waals surface area contributed by atoms with Gasteiger partial charge in [-0.1, -0.05) is 39.1 Å². The molecule has 24 heavy (non-hydrogen) atoms. The van der Waals surface area contributed by atoms with E-state index in [4.69, 9.17) is 27.9 Å². The third kappa shape index (κ3) is 5.33. The van der Waals surface area contributed by atoms with Gasteiger partial charge >= 0.3 is 5.97 Å². The van der Waals surface area contributed by atoms with Crippen molar-refractivity contribution in [2.24, 2.45) is 0 Å². The van der Waals surface area contributed by atoms with Crippen LogP contribution in [0, 0.1) is 0 Å². The largest absolute Gasteiger partial charge is 0.459 e. The first-order valence-electron chi connectivity index (χ1n) is 7.01. The molecule has 0 aliphatic carbocycles. The molecule has 136 valence electrons. The highest BCUT2D eigenvalue weighted by molar-refractivity contribution is 9.08. The number of ether oxygens (including phenoxy) is 1. The summed E-state index contributed by atoms with van der Waals surface area (Å²) in [6.45, 7) is 7.96. The van der Waals surface area contributed by atoms with Crippen LogP contribution in [0.2, 0.25) is 10.0 Å². The van der Waals surface area contributed by atoms with Gasteiger partial charge in [0.1, 0.15) is 16.0 Å². The molecule has 0 aromatic heterocycles. The summed E-state index contributed by atoms with van der Waals surface area (Å²) in [7, 11) is -4.06. The number of hydrogen-bond donors (Lipinski definition) is 1. The van der Waals surface area contributed by atoms with Gasteiger partial charge in [-0.05, 0) is 46.8 Å². The van der Waals surface area contributed by atoms with Crippen LogP contribution in [0.25, 0.3) is 0 Å². The Hall–Kier alpha value is -0.340. The molecule has 0 aliphatic rings. The van der Waals surface area contributed by atoms with Gasteiger partial charge in [-0.2, -0.15) is 4.72 Å². The zero-order valence-corrected chi connectivity index (χ0v) is 18.0. The van der Waals surface area contributed by atoms with E-state index in [1.54, 1.807) is 20.8 Å². The highest BCUT2D eigenvalue weighted by atomic mass is 79.9. The van der Waals surface area contributed by atoms with E-state index >= 15 is 0 Å². The molecule has 0 aliphatic heterocycles. The van der Waals surface area contributed by atoms with Crippen LogP contribution in [0.5, 0.6) is 0 Å². The third-order valence-corrected chi connectivity index (χ3v) is 6.03. The molecule has 1 aromatic rings. The summed E-state index contributed by atoms with van der Waals surface area (Å²) in [4.78, 5) is 12.1. The molecule has 0 bridgehead atoms. The molecular weight excluding hydrogens is 441 g/mol. The van der Waals surface area contributed by atoms with E-state index in [0.29, 0.717) is 15.9 Å². The van der Waals surface area contributed by atoms with E-state index in [-0.39, 0.29) is 9.92 Å². The molecule has 0 amide bonds. The van der Waals surface area contributed by atoms with Gasteiger partial charge < -0.3 is 4.74 Å². The lowest BCUT2D eigenvalue weighted by molar-refractivity contribution is -0.160. The monoisotopic (exact) mass is 459 g/mol. The lowest BCUT2D eigenvalue weighted by atomic mass is 10.1. The van der Waals surface area contributed by atoms with Crippen LogP contribution in [0.4, 0.5) is 0 Å². The number of esters is 1. The highest BCUT2D eigenvalue weighted by Gasteiger charge is 2.37. The van der Waals surface area contributed by atoms with Gasteiger partial charge in [-0.25, -0.2) is 8.42 Å². The fourth-order valence-electron chi connectivity index (χ4n) is 1.74. The fourth-order valence-corrected chi connectivity index (χ4v) is 4.93. The van der Waals surface area contributed by atoms with Crippen molar-refractivity contribution in [3.05, 3.63) is 27.7 Å². The zero-order chi connectivity index (χ0) is 18.9. The second kappa shape index (κ2) is 7.50. The molecule has 0 radical (unpaired) electrons. The maximum absolute atomic E-state index is 12.7. The van der Waals surface area contributed by atoms with Crippen molar-refractivity contribution in [1.29, 1.82) is 0 Å². The quantitative estimate of drug-likeness (QED) is 0.525. The highest BCUT2D eigenvalue weighted by Crippen LogP contribution is 2.33. The Morgan fingerprint density at radius 1 is 1.21 bits per heavy atom. The van der Waals surface area contributed by atoms with E-state index in [0.717, 1.165) is 0 Å². The number of benzene rings is 1. The van der Waals surface area contributed by atoms with E-state index in [1.807, 2.05) is 0 Å². The second-order valence-electron chi connectivity index (χ2n) is 6.70. The van der Waals surface area contributed by atoms with Crippen molar-refractivity contribution in [2.45, 2.75) is 56.0 Å². The summed E-state index contributed by atoms with van der Waals surface area (Å²) < 4.78 is 32.9. The number of rotatable bonds is 5. The topological polar surface area (TPSA) is 72.5 Å². The molecule has 1 aromatic carbocycles. The van der Waals surface area contributed by atoms with Crippen molar-refractivity contribution in [2.75, 3.05) is 0 Å². The Labute approximate surface area is 161 Å². The van der Waals surface area contributed by atoms with Crippen LogP contribution in [-0.2, 0) is 24.9 Å². The minimum Gasteiger partial charge on any atom is -0.459 e. The van der Waals surface area contributed by atoms with E-state index < -0.39 is 27.1 Å². The van der Waals surface area contributed by atoms with Crippen molar-refractivity contribution in [3.8, 4) is 0 Å². The average Bonchev–Trinajstić information content (AvgIpc) is 2.35. The van der Waals surface area contributed by atoms with Crippen LogP contribution in [0.3, 0.4) is 0 Å². The lowest BCUT2D eigenvalue weighted by Gasteiger charge is -2.29. The molecule has 0 saturated heterocycles. The van der Waals surface area contributed by atoms with Gasteiger partial charge in [0.2, 0.25) is 10.0 Å². The van der Waals surface area contributed by atoms with Gasteiger partial charge in [-0.15, -0.1) is 0 Å². The Kier molecular flexibility index (Phi) is 6.78. The first-order valence-corrected chi connectivity index (χ1v) is 10.4. The zero-order valence-electron chi connectivity index (χ0n) is 14.0. The first kappa shape index (κ1) is 21.7. The van der Waals surface area contributed by atoms with Crippen molar-refractivity contribution >= 4 is 55.1 Å². The Bertz CT molecular complexity index is 743. The molecule has 0 atom stereocenters. The number of sulfonamides is 1. The predicted molar refractivity (Wildman–Crippen MR) is 99.3 cm³/mol. The van der Waals surface area contributed by atoms with Crippen LogP contribution in [0.15, 0.2) is 17.0 Å². The number of halogens is 3. The third-order valence-electron chi connectivity index (χ3n) is 2.87. The standard InChI is InChI=1S/C15H20BrCl2NO4S/c1-14(2,3)23-13(20)15(4,5)19-24(21,22)11-7-6-10(17)9(8-16)12(11)18/h6-7,19H,8H2,1-5H3. The summed E-state index contributed by atoms with van der Waals surface area (Å²) >= 11 is 15.4. The Morgan fingerprint density at radius 3 is 2.21 bits per heavy atom. The molecule has 0 fully saturated rings. The summed E-state index contributed by atoms with van der Waals surface area (Å²) in [5, 5.41) is 0.651. The molecule has 0 spiro atoms. The average molecular weight is 461 g/mol. The van der Waals surface area contributed by atoms with Gasteiger partial charge in [0, 0.05) is 15.9 Å². The molecule has 0 saturated carbocycles. The summed E-state index contributed by atoms with van der Waals surface area (Å²) in [6.07, 6.45) is 0. The maximum Gasteiger partial charge on any atom is 0.327 e. The summed E-state index contributed by atoms with van der Waals surface area (Å²) in [6, 6.07) is 2.74. The number of carbonyl (C=O) groups is 1. The van der Waals surface area contributed by atoms with Gasteiger partial charge in [0.05, 0.1) is 5.02 Å². The van der Waals surface area contributed by atoms with E-state index in [9.17, 15) is 13.2 Å². The lowest BCUT2D eigenvalue weighted by Crippen LogP contribution is -2.52. The van der Waals surface area contributed by atoms with Gasteiger partial charge in [0.15, 0.2) is 0 Å². The SMILES string of the molecule is CC(C)(C)OC(=O)C(C)(C)NS(=O)(=O)c1ccc(Cl)c(CBr)c1Cl. The van der Waals surface area contributed by atoms with Crippen molar-refractivity contribution in [1.82, 2.24) is 4.72 Å². The van der Waals surface area contributed by atoms with Gasteiger partial charge in [-0.3, -0.25) is 4.79 Å². The number of alkyl halides is 1. The minimum absolute atomic E-state index is 0.00636. The Balaban J connectivity index is 3.21. The minimum atomic E-state index is -4.06. The molecule has 1 rings (SSSR count). The fraction of sp³-hybridized carbons (Fsp3) is 0.533. The molecule has 5 nitrogen and oxygen atoms in total. The van der Waals surface area contributed by atoms with Crippen LogP contribution in [0.1, 0.15) is 40.2 Å². The Morgan fingerprint density at radius 2 is 1.75 bits per heavy atom. The molecule has 9 heteroatoms. The molecular formula is C15H20BrCl2NO4S. The van der Waals surface area contributed by atoms with Gasteiger partial charge in [0.25, 0.3) is 0 Å². The predicted octanol–water partition coefficient (Wildman–Crippen LogP) is 4.29. The van der Waals surface area contributed by atoms with Crippen LogP contribution in [-0.4, -0.2) is 25.5 Å². The van der Waals surface area contributed by atoms with Crippen LogP contribution >= 0.6 is 39.1 Å². The summed E-state index contributed by atoms with van der Waals surface area (Å²) in [5.41, 5.74) is -1.75. The summed E-state index contributed by atoms with van der Waals surface area (Å²) in [5.74, 6) is -0.690. The van der Waals surface area contributed by atoms with Crippen molar-refractivity contribution in [3.63, 3.8) is 0 Å². The molecule has 0 unspecified atom stereocenters. The van der Waals surface area contributed by atoms with Crippen molar-refractivity contribution < 1.29 is 17.9 Å². The normalized spacial score (nSPS) is 13.0. The number of hydrogen-bond acceptors (Lipinski definition) is 4. The van der Waals surface area contributed by atoms with Crippen LogP contribution < -0.4 is 4.72 Å². The van der Waals surface area contributed by atoms with E-state index in [1.165, 1.54) is 26.0 Å². The smallest absolute Gasteiger partial charge is 0.327 e. The number of nitrogens with one attached hydrogen (secondary N) is 1. The molecule has 0 heterocycles. The first-order chi connectivity index (χ1) is 10.7. The van der Waals surface area contributed by atoms with E-state index in [2.05, 4.69) is 20.7 Å². The second-order valence-corrected chi connectivity index (χ2v) is 9.70. The number of carbonyl (C=O) groups excluding carboxylic acids is 1. The maximum atomic E-state index is 12.7. The molecule has 1 N–H and O–H groups in total.